The Morgan fingerprint density at radius 2 is 2.00 bits per heavy atom. The van der Waals surface area contributed by atoms with Gasteiger partial charge < -0.3 is 4.74 Å². The first-order valence-electron chi connectivity index (χ1n) is 4.50. The molecule has 0 amide bonds. The summed E-state index contributed by atoms with van der Waals surface area (Å²) in [6.45, 7) is 0. The van der Waals surface area contributed by atoms with Crippen molar-refractivity contribution in [1.29, 1.82) is 0 Å². The molecular weight excluding hydrogens is 315 g/mol. The van der Waals surface area contributed by atoms with E-state index < -0.39 is 11.6 Å². The minimum absolute atomic E-state index is 0.207. The summed E-state index contributed by atoms with van der Waals surface area (Å²) in [6.07, 6.45) is 2.79. The fraction of sp³-hybridized carbons (Fsp3) is 0. The Bertz CT molecular complexity index is 565. The van der Waals surface area contributed by atoms with Crippen LogP contribution in [0, 0.1) is 11.6 Å². The average molecular weight is 321 g/mol. The number of hydrogen-bond donors (Lipinski definition) is 0. The average Bonchev–Trinajstić information content (AvgIpc) is 2.28. The second kappa shape index (κ2) is 4.98. The molecule has 0 bridgehead atoms. The number of nitrogens with zero attached hydrogens (tertiary/aromatic N) is 1. The maximum Gasteiger partial charge on any atom is 0.201 e. The molecule has 0 aliphatic rings. The molecule has 2 aromatic rings. The molecule has 1 heterocycles. The summed E-state index contributed by atoms with van der Waals surface area (Å²) < 4.78 is 32.1. The number of aromatic nitrogens is 1. The summed E-state index contributed by atoms with van der Waals surface area (Å²) >= 11 is 8.84. The molecule has 88 valence electrons. The predicted molar refractivity (Wildman–Crippen MR) is 63.4 cm³/mol. The van der Waals surface area contributed by atoms with E-state index in [1.807, 2.05) is 0 Å². The molecule has 0 aliphatic heterocycles. The van der Waals surface area contributed by atoms with Gasteiger partial charge in [-0.1, -0.05) is 27.5 Å². The Morgan fingerprint density at radius 3 is 2.71 bits per heavy atom. The smallest absolute Gasteiger partial charge is 0.201 e. The van der Waals surface area contributed by atoms with Crippen LogP contribution in [0.25, 0.3) is 0 Å². The van der Waals surface area contributed by atoms with Crippen molar-refractivity contribution in [3.63, 3.8) is 0 Å². The monoisotopic (exact) mass is 319 g/mol. The number of benzene rings is 1. The van der Waals surface area contributed by atoms with Crippen LogP contribution in [-0.4, -0.2) is 4.98 Å². The van der Waals surface area contributed by atoms with E-state index in [1.165, 1.54) is 24.5 Å². The number of hydrogen-bond acceptors (Lipinski definition) is 2. The SMILES string of the molecule is Fc1cc(Br)cc(Oc2ccncc2Cl)c1F. The van der Waals surface area contributed by atoms with E-state index in [1.54, 1.807) is 0 Å². The van der Waals surface area contributed by atoms with E-state index in [0.29, 0.717) is 4.47 Å². The van der Waals surface area contributed by atoms with Crippen LogP contribution in [0.15, 0.2) is 35.1 Å². The quantitative estimate of drug-likeness (QED) is 0.756. The van der Waals surface area contributed by atoms with Crippen molar-refractivity contribution in [2.24, 2.45) is 0 Å². The standard InChI is InChI=1S/C11H5BrClF2NO/c12-6-3-8(14)11(15)10(4-6)17-9-1-2-16-5-7(9)13/h1-5H. The molecule has 6 heteroatoms. The lowest BCUT2D eigenvalue weighted by Crippen LogP contribution is -1.93. The Labute approximate surface area is 109 Å². The zero-order valence-corrected chi connectivity index (χ0v) is 10.6. The minimum atomic E-state index is -1.07. The molecule has 0 aliphatic carbocycles. The van der Waals surface area contributed by atoms with Crippen molar-refractivity contribution >= 4 is 27.5 Å². The molecule has 0 unspecified atom stereocenters. The van der Waals surface area contributed by atoms with Crippen molar-refractivity contribution < 1.29 is 13.5 Å². The third kappa shape index (κ3) is 2.73. The van der Waals surface area contributed by atoms with Crippen LogP contribution in [0.2, 0.25) is 5.02 Å². The van der Waals surface area contributed by atoms with Crippen LogP contribution in [0.4, 0.5) is 8.78 Å². The normalized spacial score (nSPS) is 10.4. The summed E-state index contributed by atoms with van der Waals surface area (Å²) in [5, 5.41) is 0.215. The first kappa shape index (κ1) is 12.3. The summed E-state index contributed by atoms with van der Waals surface area (Å²) in [7, 11) is 0. The van der Waals surface area contributed by atoms with Gasteiger partial charge in [0.1, 0.15) is 10.8 Å². The molecule has 17 heavy (non-hydrogen) atoms. The van der Waals surface area contributed by atoms with Crippen LogP contribution in [-0.2, 0) is 0 Å². The van der Waals surface area contributed by atoms with E-state index in [0.717, 1.165) is 6.07 Å². The number of ether oxygens (including phenoxy) is 1. The molecule has 2 rings (SSSR count). The van der Waals surface area contributed by atoms with E-state index in [-0.39, 0.29) is 16.5 Å². The molecule has 0 saturated heterocycles. The summed E-state index contributed by atoms with van der Waals surface area (Å²) in [6, 6.07) is 3.78. The van der Waals surface area contributed by atoms with Gasteiger partial charge >= 0.3 is 0 Å². The van der Waals surface area contributed by atoms with Gasteiger partial charge in [0.2, 0.25) is 5.82 Å². The molecule has 0 atom stereocenters. The Hall–Kier alpha value is -1.20. The lowest BCUT2D eigenvalue weighted by Gasteiger charge is -2.08. The fourth-order valence-electron chi connectivity index (χ4n) is 1.17. The zero-order chi connectivity index (χ0) is 12.4. The third-order valence-corrected chi connectivity index (χ3v) is 2.66. The van der Waals surface area contributed by atoms with E-state index in [4.69, 9.17) is 16.3 Å². The van der Waals surface area contributed by atoms with E-state index in [2.05, 4.69) is 20.9 Å². The molecule has 0 radical (unpaired) electrons. The van der Waals surface area contributed by atoms with Gasteiger partial charge in [0.05, 0.1) is 0 Å². The van der Waals surface area contributed by atoms with Crippen LogP contribution < -0.4 is 4.74 Å². The Balaban J connectivity index is 2.40. The highest BCUT2D eigenvalue weighted by molar-refractivity contribution is 9.10. The molecule has 0 fully saturated rings. The number of rotatable bonds is 2. The molecule has 1 aromatic heterocycles. The first-order valence-corrected chi connectivity index (χ1v) is 5.67. The Morgan fingerprint density at radius 1 is 1.24 bits per heavy atom. The molecule has 1 aromatic carbocycles. The summed E-state index contributed by atoms with van der Waals surface area (Å²) in [5.74, 6) is -2.11. The van der Waals surface area contributed by atoms with Gasteiger partial charge in [-0.25, -0.2) is 4.39 Å². The first-order chi connectivity index (χ1) is 8.08. The van der Waals surface area contributed by atoms with Gasteiger partial charge in [-0.15, -0.1) is 0 Å². The van der Waals surface area contributed by atoms with Crippen molar-refractivity contribution in [2.75, 3.05) is 0 Å². The van der Waals surface area contributed by atoms with Gasteiger partial charge in [-0.2, -0.15) is 4.39 Å². The zero-order valence-electron chi connectivity index (χ0n) is 8.25. The van der Waals surface area contributed by atoms with Gasteiger partial charge in [0.15, 0.2) is 11.6 Å². The van der Waals surface area contributed by atoms with Crippen LogP contribution >= 0.6 is 27.5 Å². The van der Waals surface area contributed by atoms with Crippen molar-refractivity contribution in [3.8, 4) is 11.5 Å². The fourth-order valence-corrected chi connectivity index (χ4v) is 1.74. The lowest BCUT2D eigenvalue weighted by atomic mass is 10.3. The maximum atomic E-state index is 13.4. The van der Waals surface area contributed by atoms with Gasteiger partial charge in [0.25, 0.3) is 0 Å². The largest absolute Gasteiger partial charge is 0.452 e. The molecule has 0 spiro atoms. The van der Waals surface area contributed by atoms with Crippen LogP contribution in [0.3, 0.4) is 0 Å². The second-order valence-corrected chi connectivity index (χ2v) is 4.43. The van der Waals surface area contributed by atoms with E-state index in [9.17, 15) is 8.78 Å². The van der Waals surface area contributed by atoms with Gasteiger partial charge in [-0.05, 0) is 12.1 Å². The van der Waals surface area contributed by atoms with Crippen molar-refractivity contribution in [2.45, 2.75) is 0 Å². The highest BCUT2D eigenvalue weighted by Crippen LogP contribution is 2.32. The van der Waals surface area contributed by atoms with Crippen LogP contribution in [0.5, 0.6) is 11.5 Å². The molecular formula is C11H5BrClF2NO. The van der Waals surface area contributed by atoms with Crippen LogP contribution in [0.1, 0.15) is 0 Å². The Kier molecular flexibility index (Phi) is 3.59. The van der Waals surface area contributed by atoms with E-state index >= 15 is 0 Å². The molecule has 0 saturated carbocycles. The lowest BCUT2D eigenvalue weighted by molar-refractivity contribution is 0.415. The predicted octanol–water partition coefficient (Wildman–Crippen LogP) is 4.57. The maximum absolute atomic E-state index is 13.4. The third-order valence-electron chi connectivity index (χ3n) is 1.91. The highest BCUT2D eigenvalue weighted by Gasteiger charge is 2.13. The summed E-state index contributed by atoms with van der Waals surface area (Å²) in [5.41, 5.74) is 0. The van der Waals surface area contributed by atoms with Crippen molar-refractivity contribution in [1.82, 2.24) is 4.98 Å². The molecule has 2 nitrogen and oxygen atoms in total. The number of halogens is 4. The van der Waals surface area contributed by atoms with Gasteiger partial charge in [0, 0.05) is 22.9 Å². The molecule has 0 N–H and O–H groups in total. The van der Waals surface area contributed by atoms with Gasteiger partial charge in [-0.3, -0.25) is 4.98 Å². The topological polar surface area (TPSA) is 22.1 Å². The summed E-state index contributed by atoms with van der Waals surface area (Å²) in [4.78, 5) is 3.76. The van der Waals surface area contributed by atoms with Crippen molar-refractivity contribution in [3.05, 3.63) is 51.7 Å². The number of pyridine rings is 1. The second-order valence-electron chi connectivity index (χ2n) is 3.11. The highest BCUT2D eigenvalue weighted by atomic mass is 79.9. The minimum Gasteiger partial charge on any atom is -0.452 e.